The molecule has 1 aromatic heterocycles. The quantitative estimate of drug-likeness (QED) is 0.797. The number of carboxylic acids is 1. The van der Waals surface area contributed by atoms with Gasteiger partial charge in [0.1, 0.15) is 0 Å². The number of nitrogens with zero attached hydrogens (tertiary/aromatic N) is 3. The predicted octanol–water partition coefficient (Wildman–Crippen LogP) is 2.73. The predicted molar refractivity (Wildman–Crippen MR) is 86.0 cm³/mol. The first-order valence-electron chi connectivity index (χ1n) is 6.95. The molecule has 1 N–H and O–H groups in total. The molecule has 0 amide bonds. The fourth-order valence-corrected chi connectivity index (χ4v) is 3.08. The largest absolute Gasteiger partial charge is 0.481 e. The van der Waals surface area contributed by atoms with E-state index in [1.807, 2.05) is 24.3 Å². The van der Waals surface area contributed by atoms with E-state index < -0.39 is 5.97 Å². The Labute approximate surface area is 129 Å². The van der Waals surface area contributed by atoms with Gasteiger partial charge in [-0.2, -0.15) is 0 Å². The van der Waals surface area contributed by atoms with Crippen LogP contribution in [0, 0.1) is 0 Å². The zero-order chi connectivity index (χ0) is 15.4. The summed E-state index contributed by atoms with van der Waals surface area (Å²) in [4.78, 5) is 17.6. The number of hydrogen-bond acceptors (Lipinski definition) is 4. The minimum Gasteiger partial charge on any atom is -0.481 e. The molecule has 2 rings (SSSR count). The Hall–Kier alpha value is -1.53. The average molecular weight is 307 g/mol. The monoisotopic (exact) mass is 307 g/mol. The topological polar surface area (TPSA) is 58.4 Å². The van der Waals surface area contributed by atoms with Gasteiger partial charge in [-0.05, 0) is 46.1 Å². The number of benzene rings is 1. The Balaban J connectivity index is 2.32. The van der Waals surface area contributed by atoms with E-state index in [1.54, 1.807) is 0 Å². The molecule has 0 aliphatic carbocycles. The lowest BCUT2D eigenvalue weighted by molar-refractivity contribution is -0.133. The van der Waals surface area contributed by atoms with E-state index in [0.29, 0.717) is 0 Å². The molecule has 0 fully saturated rings. The molecule has 0 aliphatic rings. The van der Waals surface area contributed by atoms with Crippen molar-refractivity contribution in [1.82, 2.24) is 14.5 Å². The highest BCUT2D eigenvalue weighted by molar-refractivity contribution is 7.99. The number of hydrogen-bond donors (Lipinski definition) is 1. The van der Waals surface area contributed by atoms with Crippen LogP contribution in [-0.2, 0) is 4.79 Å². The lowest BCUT2D eigenvalue weighted by atomic mass is 10.2. The summed E-state index contributed by atoms with van der Waals surface area (Å²) in [6.07, 6.45) is 0.994. The summed E-state index contributed by atoms with van der Waals surface area (Å²) in [6.45, 7) is 3.14. The number of aliphatic carboxylic acids is 1. The Kier molecular flexibility index (Phi) is 5.25. The molecule has 5 nitrogen and oxygen atoms in total. The second-order valence-electron chi connectivity index (χ2n) is 5.38. The summed E-state index contributed by atoms with van der Waals surface area (Å²) in [5.41, 5.74) is 1.98. The van der Waals surface area contributed by atoms with Crippen LogP contribution >= 0.6 is 11.8 Å². The molecule has 0 spiro atoms. The maximum Gasteiger partial charge on any atom is 0.313 e. The summed E-state index contributed by atoms with van der Waals surface area (Å²) in [5.74, 6) is -0.788. The highest BCUT2D eigenvalue weighted by atomic mass is 32.2. The summed E-state index contributed by atoms with van der Waals surface area (Å²) >= 11 is 1.28. The molecule has 2 aromatic rings. The van der Waals surface area contributed by atoms with Crippen LogP contribution in [0.15, 0.2) is 29.4 Å². The maximum atomic E-state index is 10.8. The third kappa shape index (κ3) is 3.98. The maximum absolute atomic E-state index is 10.8. The van der Waals surface area contributed by atoms with Gasteiger partial charge in [0, 0.05) is 6.04 Å². The van der Waals surface area contributed by atoms with Crippen molar-refractivity contribution < 1.29 is 9.90 Å². The highest BCUT2D eigenvalue weighted by Gasteiger charge is 2.17. The second-order valence-corrected chi connectivity index (χ2v) is 6.32. The van der Waals surface area contributed by atoms with Crippen molar-refractivity contribution in [2.75, 3.05) is 26.4 Å². The number of carbonyl (C=O) groups is 1. The molecule has 6 heteroatoms. The van der Waals surface area contributed by atoms with Crippen molar-refractivity contribution in [3.05, 3.63) is 24.3 Å². The van der Waals surface area contributed by atoms with Crippen molar-refractivity contribution in [2.45, 2.75) is 24.5 Å². The Morgan fingerprint density at radius 1 is 1.43 bits per heavy atom. The van der Waals surface area contributed by atoms with Gasteiger partial charge < -0.3 is 14.6 Å². The van der Waals surface area contributed by atoms with Gasteiger partial charge in [0.15, 0.2) is 5.16 Å². The van der Waals surface area contributed by atoms with Gasteiger partial charge in [-0.1, -0.05) is 23.9 Å². The third-order valence-corrected chi connectivity index (χ3v) is 4.26. The number of imidazole rings is 1. The molecule has 1 heterocycles. The van der Waals surface area contributed by atoms with Crippen molar-refractivity contribution in [3.63, 3.8) is 0 Å². The minimum atomic E-state index is -0.820. The zero-order valence-corrected chi connectivity index (χ0v) is 13.4. The van der Waals surface area contributed by atoms with E-state index in [2.05, 4.69) is 35.5 Å². The number of carboxylic acid groups (broad SMARTS) is 1. The molecule has 1 aromatic carbocycles. The lowest BCUT2D eigenvalue weighted by Crippen LogP contribution is -2.18. The van der Waals surface area contributed by atoms with Gasteiger partial charge >= 0.3 is 5.97 Å². The van der Waals surface area contributed by atoms with E-state index >= 15 is 0 Å². The van der Waals surface area contributed by atoms with E-state index in [4.69, 9.17) is 5.11 Å². The van der Waals surface area contributed by atoms with E-state index in [-0.39, 0.29) is 11.8 Å². The van der Waals surface area contributed by atoms with E-state index in [1.165, 1.54) is 11.8 Å². The molecule has 0 radical (unpaired) electrons. The summed E-state index contributed by atoms with van der Waals surface area (Å²) in [6, 6.07) is 8.23. The van der Waals surface area contributed by atoms with Crippen LogP contribution in [-0.4, -0.2) is 51.9 Å². The van der Waals surface area contributed by atoms with Crippen molar-refractivity contribution in [2.24, 2.45) is 0 Å². The van der Waals surface area contributed by atoms with Gasteiger partial charge in [0.25, 0.3) is 0 Å². The Morgan fingerprint density at radius 2 is 2.14 bits per heavy atom. The average Bonchev–Trinajstić information content (AvgIpc) is 2.80. The molecule has 0 aliphatic heterocycles. The molecule has 114 valence electrons. The summed E-state index contributed by atoms with van der Waals surface area (Å²) in [5, 5.41) is 9.67. The second kappa shape index (κ2) is 6.95. The number of thioether (sulfide) groups is 1. The molecule has 1 unspecified atom stereocenters. The summed E-state index contributed by atoms with van der Waals surface area (Å²) < 4.78 is 2.16. The summed E-state index contributed by atoms with van der Waals surface area (Å²) in [7, 11) is 4.11. The van der Waals surface area contributed by atoms with Crippen molar-refractivity contribution in [1.29, 1.82) is 0 Å². The molecule has 0 saturated heterocycles. The van der Waals surface area contributed by atoms with E-state index in [9.17, 15) is 4.79 Å². The zero-order valence-electron chi connectivity index (χ0n) is 12.6. The van der Waals surface area contributed by atoms with Gasteiger partial charge in [-0.25, -0.2) is 4.98 Å². The lowest BCUT2D eigenvalue weighted by Gasteiger charge is -2.19. The van der Waals surface area contributed by atoms with Gasteiger partial charge in [-0.15, -0.1) is 0 Å². The third-order valence-electron chi connectivity index (χ3n) is 3.32. The van der Waals surface area contributed by atoms with Crippen molar-refractivity contribution >= 4 is 28.8 Å². The smallest absolute Gasteiger partial charge is 0.313 e. The van der Waals surface area contributed by atoms with E-state index in [0.717, 1.165) is 29.2 Å². The minimum absolute atomic E-state index is 0.0315. The first kappa shape index (κ1) is 15.9. The Morgan fingerprint density at radius 3 is 2.81 bits per heavy atom. The normalized spacial score (nSPS) is 13.0. The standard InChI is InChI=1S/C15H21N3O2S/c1-11(8-9-17(2)3)18-13-7-5-4-6-12(13)16-15(18)21-10-14(19)20/h4-7,11H,8-10H2,1-3H3,(H,19,20). The molecule has 1 atom stereocenters. The first-order valence-corrected chi connectivity index (χ1v) is 7.94. The number of aromatic nitrogens is 2. The SMILES string of the molecule is CC(CCN(C)C)n1c(SCC(=O)O)nc2ccccc21. The fourth-order valence-electron chi connectivity index (χ4n) is 2.25. The molecule has 0 saturated carbocycles. The molecule has 0 bridgehead atoms. The Bertz CT molecular complexity index is 624. The van der Waals surface area contributed by atoms with Crippen LogP contribution in [0.4, 0.5) is 0 Å². The number of para-hydroxylation sites is 2. The number of rotatable bonds is 7. The first-order chi connectivity index (χ1) is 9.99. The number of fused-ring (bicyclic) bond motifs is 1. The molecule has 21 heavy (non-hydrogen) atoms. The van der Waals surface area contributed by atoms with Gasteiger partial charge in [0.05, 0.1) is 16.8 Å². The molecular formula is C15H21N3O2S. The van der Waals surface area contributed by atoms with Crippen LogP contribution in [0.5, 0.6) is 0 Å². The van der Waals surface area contributed by atoms with Crippen LogP contribution in [0.1, 0.15) is 19.4 Å². The van der Waals surface area contributed by atoms with Crippen LogP contribution < -0.4 is 0 Å². The highest BCUT2D eigenvalue weighted by Crippen LogP contribution is 2.29. The molecular weight excluding hydrogens is 286 g/mol. The van der Waals surface area contributed by atoms with Gasteiger partial charge in [0.2, 0.25) is 0 Å². The van der Waals surface area contributed by atoms with Gasteiger partial charge in [-0.3, -0.25) is 4.79 Å². The van der Waals surface area contributed by atoms with Crippen LogP contribution in [0.25, 0.3) is 11.0 Å². The fraction of sp³-hybridized carbons (Fsp3) is 0.467. The van der Waals surface area contributed by atoms with Crippen LogP contribution in [0.3, 0.4) is 0 Å². The van der Waals surface area contributed by atoms with Crippen LogP contribution in [0.2, 0.25) is 0 Å². The van der Waals surface area contributed by atoms with Crippen molar-refractivity contribution in [3.8, 4) is 0 Å².